The highest BCUT2D eigenvalue weighted by Gasteiger charge is 2.55. The highest BCUT2D eigenvalue weighted by atomic mass is 35.5. The molecule has 2 rings (SSSR count). The minimum Gasteiger partial charge on any atom is -0.462 e. The Bertz CT molecular complexity index is 1200. The molecule has 1 aliphatic rings. The van der Waals surface area contributed by atoms with Crippen LogP contribution in [0.4, 0.5) is 0 Å². The molecule has 228 valence electrons. The number of alkyl halides is 1. The van der Waals surface area contributed by atoms with Gasteiger partial charge in [0.2, 0.25) is 0 Å². The number of nitrogens with one attached hydrogen (secondary N) is 2. The van der Waals surface area contributed by atoms with Crippen molar-refractivity contribution in [2.24, 2.45) is 5.41 Å². The molecule has 1 saturated heterocycles. The van der Waals surface area contributed by atoms with Gasteiger partial charge in [-0.25, -0.2) is 14.4 Å². The molecule has 40 heavy (non-hydrogen) atoms. The smallest absolute Gasteiger partial charge is 0.406 e. The van der Waals surface area contributed by atoms with E-state index in [9.17, 15) is 23.7 Å². The molecule has 0 spiro atoms. The second-order valence-corrected chi connectivity index (χ2v) is 14.4. The maximum atomic E-state index is 13.7. The Kier molecular flexibility index (Phi) is 12.2. The van der Waals surface area contributed by atoms with Gasteiger partial charge in [0, 0.05) is 30.5 Å². The van der Waals surface area contributed by atoms with Gasteiger partial charge in [-0.2, -0.15) is 0 Å². The van der Waals surface area contributed by atoms with E-state index in [1.807, 2.05) is 0 Å². The van der Waals surface area contributed by atoms with E-state index < -0.39 is 65.8 Å². The van der Waals surface area contributed by atoms with Crippen LogP contribution in [-0.2, 0) is 37.4 Å². The third kappa shape index (κ3) is 9.25. The predicted molar refractivity (Wildman–Crippen MR) is 151 cm³/mol. The van der Waals surface area contributed by atoms with E-state index in [0.29, 0.717) is 0 Å². The quantitative estimate of drug-likeness (QED) is 0.142. The topological polar surface area (TPSA) is 164 Å². The number of esters is 1. The zero-order valence-electron chi connectivity index (χ0n) is 23.9. The average Bonchev–Trinajstić information content (AvgIpc) is 3.08. The van der Waals surface area contributed by atoms with Gasteiger partial charge < -0.3 is 14.2 Å². The fraction of sp³-hybridized carbons (Fsp3) is 0.750. The number of carbonyl (C=O) groups is 2. The van der Waals surface area contributed by atoms with Crippen LogP contribution in [0.3, 0.4) is 0 Å². The molecule has 0 saturated carbocycles. The molecule has 0 unspecified atom stereocenters. The van der Waals surface area contributed by atoms with Crippen LogP contribution in [-0.4, -0.2) is 75.9 Å². The van der Waals surface area contributed by atoms with Gasteiger partial charge in [-0.3, -0.25) is 33.0 Å². The van der Waals surface area contributed by atoms with Gasteiger partial charge in [-0.05, 0) is 27.7 Å². The fourth-order valence-corrected chi connectivity index (χ4v) is 6.52. The summed E-state index contributed by atoms with van der Waals surface area (Å²) in [6.07, 6.45) is -2.03. The second-order valence-electron chi connectivity index (χ2n) is 10.7. The summed E-state index contributed by atoms with van der Waals surface area (Å²) in [7, 11) is -2.79. The number of thioether (sulfide) groups is 1. The van der Waals surface area contributed by atoms with Crippen molar-refractivity contribution in [2.45, 2.75) is 83.9 Å². The normalized spacial score (nSPS) is 25.5. The summed E-state index contributed by atoms with van der Waals surface area (Å²) in [5, 5.41) is 2.50. The lowest BCUT2D eigenvalue weighted by atomic mass is 10.00. The van der Waals surface area contributed by atoms with Crippen LogP contribution in [0, 0.1) is 5.41 Å². The van der Waals surface area contributed by atoms with E-state index in [2.05, 4.69) is 10.1 Å². The molecule has 0 aromatic carbocycles. The Labute approximate surface area is 242 Å². The average molecular weight is 628 g/mol. The third-order valence-corrected chi connectivity index (χ3v) is 9.06. The molecule has 0 radical (unpaired) electrons. The SMILES string of the molecule is CO[C@@H]1[C@@H](CO[P@@](=O)(N[C@H](C)C(=O)OC(C)C)OCCSC(=O)C(C)(C)C)O[C@@H](n2ccc(=O)[nH]c2=O)[C@]1(C)Cl. The zero-order valence-corrected chi connectivity index (χ0v) is 26.4. The van der Waals surface area contributed by atoms with Crippen LogP contribution in [0.25, 0.3) is 0 Å². The number of halogens is 1. The Morgan fingerprint density at radius 2 is 1.93 bits per heavy atom. The first-order valence-electron chi connectivity index (χ1n) is 12.6. The first-order valence-corrected chi connectivity index (χ1v) is 15.5. The van der Waals surface area contributed by atoms with Crippen molar-refractivity contribution in [3.63, 3.8) is 0 Å². The Morgan fingerprint density at radius 1 is 1.27 bits per heavy atom. The molecule has 1 aromatic heterocycles. The number of aromatic nitrogens is 2. The van der Waals surface area contributed by atoms with Crippen LogP contribution in [0.5, 0.6) is 0 Å². The van der Waals surface area contributed by atoms with Crippen molar-refractivity contribution in [1.82, 2.24) is 14.6 Å². The van der Waals surface area contributed by atoms with Crippen molar-refractivity contribution < 1.29 is 37.4 Å². The third-order valence-electron chi connectivity index (χ3n) is 5.69. The van der Waals surface area contributed by atoms with Crippen LogP contribution in [0.2, 0.25) is 0 Å². The number of nitrogens with zero attached hydrogens (tertiary/aromatic N) is 1. The Hall–Kier alpha value is -1.51. The first kappa shape index (κ1) is 34.7. The molecule has 0 amide bonds. The van der Waals surface area contributed by atoms with E-state index in [1.54, 1.807) is 41.5 Å². The number of carbonyl (C=O) groups excluding carboxylic acids is 2. The lowest BCUT2D eigenvalue weighted by Gasteiger charge is -2.29. The number of rotatable bonds is 13. The van der Waals surface area contributed by atoms with Crippen LogP contribution in [0.15, 0.2) is 21.9 Å². The summed E-state index contributed by atoms with van der Waals surface area (Å²) >= 11 is 7.79. The van der Waals surface area contributed by atoms with Crippen LogP contribution >= 0.6 is 31.1 Å². The van der Waals surface area contributed by atoms with E-state index >= 15 is 0 Å². The number of H-pyrrole nitrogens is 1. The molecular weight excluding hydrogens is 589 g/mol. The molecule has 0 aliphatic carbocycles. The zero-order chi connectivity index (χ0) is 30.5. The van der Waals surface area contributed by atoms with Gasteiger partial charge in [-0.15, -0.1) is 11.6 Å². The summed E-state index contributed by atoms with van der Waals surface area (Å²) < 4.78 is 42.8. The molecule has 1 aromatic rings. The van der Waals surface area contributed by atoms with Gasteiger partial charge in [-0.1, -0.05) is 32.5 Å². The number of hydrogen-bond acceptors (Lipinski definition) is 11. The van der Waals surface area contributed by atoms with Crippen molar-refractivity contribution in [1.29, 1.82) is 0 Å². The predicted octanol–water partition coefficient (Wildman–Crippen LogP) is 2.82. The molecule has 1 fully saturated rings. The van der Waals surface area contributed by atoms with Crippen molar-refractivity contribution >= 4 is 42.2 Å². The van der Waals surface area contributed by atoms with Crippen LogP contribution in [0.1, 0.15) is 54.7 Å². The maximum absolute atomic E-state index is 13.7. The van der Waals surface area contributed by atoms with Gasteiger partial charge in [0.1, 0.15) is 23.1 Å². The first-order chi connectivity index (χ1) is 18.4. The minimum absolute atomic E-state index is 0.0686. The van der Waals surface area contributed by atoms with Gasteiger partial charge in [0.15, 0.2) is 11.3 Å². The van der Waals surface area contributed by atoms with Gasteiger partial charge >= 0.3 is 19.4 Å². The van der Waals surface area contributed by atoms with Crippen molar-refractivity contribution in [3.8, 4) is 0 Å². The van der Waals surface area contributed by atoms with E-state index in [-0.39, 0.29) is 24.1 Å². The largest absolute Gasteiger partial charge is 0.462 e. The highest BCUT2D eigenvalue weighted by Crippen LogP contribution is 2.48. The van der Waals surface area contributed by atoms with E-state index in [4.69, 9.17) is 34.9 Å². The monoisotopic (exact) mass is 627 g/mol. The van der Waals surface area contributed by atoms with E-state index in [1.165, 1.54) is 20.2 Å². The van der Waals surface area contributed by atoms with Gasteiger partial charge in [0.05, 0.1) is 19.3 Å². The number of hydrogen-bond donors (Lipinski definition) is 2. The molecular formula is C24H39ClN3O10PS. The maximum Gasteiger partial charge on any atom is 0.406 e. The molecule has 1 aliphatic heterocycles. The fourth-order valence-electron chi connectivity index (χ4n) is 3.75. The standard InChI is InChI=1S/C24H39ClN3O10PS/c1-14(2)37-19(30)15(3)27-39(33,35-11-12-40-21(31)23(4,5)6)36-13-16-18(34-8)24(7,25)20(38-16)28-10-9-17(29)26-22(28)32/h9-10,14-16,18,20H,11-13H2,1-8H3,(H,27,33)(H,26,29,32)/t15-,16-,18-,20-,24-,39-/m1/s1. The number of aromatic amines is 1. The van der Waals surface area contributed by atoms with E-state index in [0.717, 1.165) is 22.4 Å². The number of methoxy groups -OCH3 is 1. The summed E-state index contributed by atoms with van der Waals surface area (Å²) in [4.78, 5) is 49.4. The lowest BCUT2D eigenvalue weighted by Crippen LogP contribution is -2.44. The minimum atomic E-state index is -4.18. The van der Waals surface area contributed by atoms with Gasteiger partial charge in [0.25, 0.3) is 5.56 Å². The summed E-state index contributed by atoms with van der Waals surface area (Å²) in [5.41, 5.74) is -1.89. The second kappa shape index (κ2) is 14.1. The number of ether oxygens (including phenoxy) is 3. The highest BCUT2D eigenvalue weighted by molar-refractivity contribution is 8.13. The van der Waals surface area contributed by atoms with Crippen molar-refractivity contribution in [2.75, 3.05) is 26.1 Å². The lowest BCUT2D eigenvalue weighted by molar-refractivity contribution is -0.149. The molecule has 13 nitrogen and oxygen atoms in total. The summed E-state index contributed by atoms with van der Waals surface area (Å²) in [5.74, 6) is -0.481. The van der Waals surface area contributed by atoms with Crippen LogP contribution < -0.4 is 16.3 Å². The molecule has 6 atom stereocenters. The molecule has 2 heterocycles. The molecule has 2 N–H and O–H groups in total. The summed E-state index contributed by atoms with van der Waals surface area (Å²) in [6.45, 7) is 11.2. The Balaban J connectivity index is 2.21. The van der Waals surface area contributed by atoms with Crippen molar-refractivity contribution in [3.05, 3.63) is 33.1 Å². The molecule has 16 heteroatoms. The Morgan fingerprint density at radius 3 is 2.48 bits per heavy atom. The molecule has 0 bridgehead atoms. The summed E-state index contributed by atoms with van der Waals surface area (Å²) in [6, 6.07) is 0.0839.